The Balaban J connectivity index is 1.71. The van der Waals surface area contributed by atoms with Gasteiger partial charge in [-0.3, -0.25) is 9.59 Å². The van der Waals surface area contributed by atoms with Crippen molar-refractivity contribution in [3.63, 3.8) is 0 Å². The smallest absolute Gasteiger partial charge is 0.262 e. The molecule has 2 aromatic rings. The van der Waals surface area contributed by atoms with Crippen molar-refractivity contribution in [2.45, 2.75) is 46.0 Å². The number of carbonyl (C=O) groups is 2. The fourth-order valence-corrected chi connectivity index (χ4v) is 5.07. The van der Waals surface area contributed by atoms with Crippen LogP contribution in [0.3, 0.4) is 0 Å². The summed E-state index contributed by atoms with van der Waals surface area (Å²) in [5.41, 5.74) is 8.10. The standard InChI is InChI=1S/C21H26N2O3S/c1-3-6-14-9-10-15-17(11-14)27-21(19(15)20(22)25)23-18(24)12-26-16-8-5-4-7-13(16)2/h4-5,7-8,14H,3,6,9-12H2,1-2H3,(H2,22,25)(H,23,24). The maximum atomic E-state index is 12.4. The number of nitrogens with one attached hydrogen (secondary N) is 1. The quantitative estimate of drug-likeness (QED) is 0.752. The number of rotatable bonds is 7. The van der Waals surface area contributed by atoms with Crippen LogP contribution >= 0.6 is 11.3 Å². The summed E-state index contributed by atoms with van der Waals surface area (Å²) in [5, 5.41) is 3.40. The van der Waals surface area contributed by atoms with Gasteiger partial charge < -0.3 is 15.8 Å². The first kappa shape index (κ1) is 19.4. The minimum Gasteiger partial charge on any atom is -0.483 e. The zero-order valence-electron chi connectivity index (χ0n) is 15.8. The van der Waals surface area contributed by atoms with Gasteiger partial charge in [-0.2, -0.15) is 0 Å². The summed E-state index contributed by atoms with van der Waals surface area (Å²) in [4.78, 5) is 25.6. The van der Waals surface area contributed by atoms with Crippen LogP contribution in [0.1, 0.15) is 52.5 Å². The van der Waals surface area contributed by atoms with Gasteiger partial charge in [-0.15, -0.1) is 11.3 Å². The van der Waals surface area contributed by atoms with E-state index in [4.69, 9.17) is 10.5 Å². The van der Waals surface area contributed by atoms with Crippen molar-refractivity contribution in [1.82, 2.24) is 0 Å². The fraction of sp³-hybridized carbons (Fsp3) is 0.429. The molecule has 0 spiro atoms. The summed E-state index contributed by atoms with van der Waals surface area (Å²) in [6.45, 7) is 4.02. The van der Waals surface area contributed by atoms with Gasteiger partial charge in [0.1, 0.15) is 10.8 Å². The zero-order chi connectivity index (χ0) is 19.4. The highest BCUT2D eigenvalue weighted by Gasteiger charge is 2.28. The minimum absolute atomic E-state index is 0.107. The molecular formula is C21H26N2O3S. The molecule has 0 saturated carbocycles. The van der Waals surface area contributed by atoms with Crippen LogP contribution in [0.15, 0.2) is 24.3 Å². The molecule has 1 unspecified atom stereocenters. The van der Waals surface area contributed by atoms with Crippen LogP contribution < -0.4 is 15.8 Å². The SMILES string of the molecule is CCCC1CCc2c(sc(NC(=O)COc3ccccc3C)c2C(N)=O)C1. The van der Waals surface area contributed by atoms with Crippen molar-refractivity contribution in [2.75, 3.05) is 11.9 Å². The van der Waals surface area contributed by atoms with Gasteiger partial charge in [-0.25, -0.2) is 0 Å². The number of anilines is 1. The Kier molecular flexibility index (Phi) is 6.16. The number of para-hydroxylation sites is 1. The third-order valence-corrected chi connectivity index (χ3v) is 6.19. The Morgan fingerprint density at radius 1 is 1.33 bits per heavy atom. The largest absolute Gasteiger partial charge is 0.483 e. The van der Waals surface area contributed by atoms with Crippen LogP contribution in [0, 0.1) is 12.8 Å². The fourth-order valence-electron chi connectivity index (χ4n) is 3.68. The van der Waals surface area contributed by atoms with Crippen molar-refractivity contribution >= 4 is 28.2 Å². The average molecular weight is 387 g/mol. The zero-order valence-corrected chi connectivity index (χ0v) is 16.7. The van der Waals surface area contributed by atoms with Crippen molar-refractivity contribution in [3.05, 3.63) is 45.8 Å². The van der Waals surface area contributed by atoms with Crippen molar-refractivity contribution < 1.29 is 14.3 Å². The second-order valence-corrected chi connectivity index (χ2v) is 8.18. The predicted octanol–water partition coefficient (Wildman–Crippen LogP) is 4.08. The van der Waals surface area contributed by atoms with Gasteiger partial charge in [-0.1, -0.05) is 38.0 Å². The van der Waals surface area contributed by atoms with E-state index in [9.17, 15) is 9.59 Å². The molecule has 3 rings (SSSR count). The van der Waals surface area contributed by atoms with E-state index in [-0.39, 0.29) is 12.5 Å². The first-order chi connectivity index (χ1) is 13.0. The number of nitrogens with two attached hydrogens (primary N) is 1. The lowest BCUT2D eigenvalue weighted by atomic mass is 9.84. The number of fused-ring (bicyclic) bond motifs is 1. The van der Waals surface area contributed by atoms with Crippen LogP contribution in [0.25, 0.3) is 0 Å². The molecule has 1 aromatic carbocycles. The molecule has 1 aliphatic rings. The Morgan fingerprint density at radius 2 is 2.11 bits per heavy atom. The normalized spacial score (nSPS) is 15.9. The highest BCUT2D eigenvalue weighted by atomic mass is 32.1. The van der Waals surface area contributed by atoms with Gasteiger partial charge in [-0.05, 0) is 49.3 Å². The highest BCUT2D eigenvalue weighted by molar-refractivity contribution is 7.17. The summed E-state index contributed by atoms with van der Waals surface area (Å²) in [6.07, 6.45) is 5.23. The predicted molar refractivity (Wildman–Crippen MR) is 109 cm³/mol. The third kappa shape index (κ3) is 4.50. The van der Waals surface area contributed by atoms with Gasteiger partial charge in [0.05, 0.1) is 5.56 Å². The molecule has 27 heavy (non-hydrogen) atoms. The number of ether oxygens (including phenoxy) is 1. The number of aryl methyl sites for hydroxylation is 1. The topological polar surface area (TPSA) is 81.4 Å². The molecule has 1 heterocycles. The lowest BCUT2D eigenvalue weighted by Crippen LogP contribution is -2.23. The van der Waals surface area contributed by atoms with Crippen LogP contribution in [0.2, 0.25) is 0 Å². The van der Waals surface area contributed by atoms with Crippen molar-refractivity contribution in [2.24, 2.45) is 11.7 Å². The third-order valence-electron chi connectivity index (χ3n) is 5.02. The van der Waals surface area contributed by atoms with Gasteiger partial charge in [0.2, 0.25) is 0 Å². The van der Waals surface area contributed by atoms with E-state index in [0.717, 1.165) is 36.8 Å². The summed E-state index contributed by atoms with van der Waals surface area (Å²) in [6, 6.07) is 7.54. The van der Waals surface area contributed by atoms with Gasteiger partial charge in [0, 0.05) is 4.88 Å². The number of carbonyl (C=O) groups excluding carboxylic acids is 2. The van der Waals surface area contributed by atoms with Gasteiger partial charge in [0.15, 0.2) is 6.61 Å². The molecule has 3 N–H and O–H groups in total. The average Bonchev–Trinajstić information content (AvgIpc) is 2.98. The Labute approximate surface area is 163 Å². The molecule has 1 aliphatic carbocycles. The molecule has 1 atom stereocenters. The van der Waals surface area contributed by atoms with Crippen molar-refractivity contribution in [1.29, 1.82) is 0 Å². The molecular weight excluding hydrogens is 360 g/mol. The molecule has 0 fully saturated rings. The van der Waals surface area contributed by atoms with Crippen LogP contribution in [0.4, 0.5) is 5.00 Å². The molecule has 6 heteroatoms. The number of hydrogen-bond acceptors (Lipinski definition) is 4. The first-order valence-corrected chi connectivity index (χ1v) is 10.2. The van der Waals surface area contributed by atoms with E-state index >= 15 is 0 Å². The molecule has 1 aromatic heterocycles. The number of primary amides is 1. The second kappa shape index (κ2) is 8.57. The maximum absolute atomic E-state index is 12.4. The first-order valence-electron chi connectivity index (χ1n) is 9.42. The monoisotopic (exact) mass is 386 g/mol. The molecule has 0 bridgehead atoms. The van der Waals surface area contributed by atoms with E-state index in [2.05, 4.69) is 12.2 Å². The lowest BCUT2D eigenvalue weighted by Gasteiger charge is -2.21. The molecule has 0 radical (unpaired) electrons. The summed E-state index contributed by atoms with van der Waals surface area (Å²) < 4.78 is 5.60. The molecule has 0 saturated heterocycles. The molecule has 144 valence electrons. The summed E-state index contributed by atoms with van der Waals surface area (Å²) in [5.74, 6) is 0.562. The van der Waals surface area contributed by atoms with Crippen LogP contribution in [0.5, 0.6) is 5.75 Å². The maximum Gasteiger partial charge on any atom is 0.262 e. The molecule has 0 aliphatic heterocycles. The van der Waals surface area contributed by atoms with E-state index in [1.54, 1.807) is 0 Å². The van der Waals surface area contributed by atoms with Crippen LogP contribution in [-0.4, -0.2) is 18.4 Å². The van der Waals surface area contributed by atoms with Crippen LogP contribution in [-0.2, 0) is 17.6 Å². The Hall–Kier alpha value is -2.34. The van der Waals surface area contributed by atoms with Gasteiger partial charge in [0.25, 0.3) is 11.8 Å². The van der Waals surface area contributed by atoms with E-state index in [1.165, 1.54) is 22.6 Å². The number of thiophene rings is 1. The Bertz CT molecular complexity index is 844. The second-order valence-electron chi connectivity index (χ2n) is 7.07. The molecule has 5 nitrogen and oxygen atoms in total. The number of hydrogen-bond donors (Lipinski definition) is 2. The van der Waals surface area contributed by atoms with E-state index in [0.29, 0.717) is 22.2 Å². The minimum atomic E-state index is -0.475. The number of benzene rings is 1. The summed E-state index contributed by atoms with van der Waals surface area (Å²) in [7, 11) is 0. The van der Waals surface area contributed by atoms with E-state index in [1.807, 2.05) is 31.2 Å². The highest BCUT2D eigenvalue weighted by Crippen LogP contribution is 2.40. The lowest BCUT2D eigenvalue weighted by molar-refractivity contribution is -0.118. The Morgan fingerprint density at radius 3 is 2.81 bits per heavy atom. The number of amides is 2. The summed E-state index contributed by atoms with van der Waals surface area (Å²) >= 11 is 1.48. The van der Waals surface area contributed by atoms with Crippen molar-refractivity contribution in [3.8, 4) is 5.75 Å². The molecule has 2 amide bonds. The van der Waals surface area contributed by atoms with Gasteiger partial charge >= 0.3 is 0 Å². The van der Waals surface area contributed by atoms with E-state index < -0.39 is 5.91 Å².